The van der Waals surface area contributed by atoms with Crippen molar-refractivity contribution in [2.45, 2.75) is 38.8 Å². The number of amides is 1. The van der Waals surface area contributed by atoms with Crippen molar-refractivity contribution in [1.29, 1.82) is 0 Å². The molecule has 31 heavy (non-hydrogen) atoms. The monoisotopic (exact) mass is 421 g/mol. The molecule has 0 spiro atoms. The van der Waals surface area contributed by atoms with E-state index in [0.29, 0.717) is 24.0 Å². The Bertz CT molecular complexity index is 1170. The summed E-state index contributed by atoms with van der Waals surface area (Å²) in [6, 6.07) is 11.2. The minimum atomic E-state index is -0.115. The standard InChI is InChI=1S/C24H27N3O4/c1-16-6-4-7-19-23(16)25-15-26(24(19)29)13-11-22(28)27-12-5-8-20(27)18-10-9-17(30-2)14-21(18)31-3/h4,6-7,9-10,14-15,20H,5,8,11-13H2,1-3H3/t20-/m1/s1. The lowest BCUT2D eigenvalue weighted by atomic mass is 10.0. The Hall–Kier alpha value is -3.35. The molecule has 3 aromatic rings. The summed E-state index contributed by atoms with van der Waals surface area (Å²) in [4.78, 5) is 32.2. The Morgan fingerprint density at radius 2 is 2.03 bits per heavy atom. The van der Waals surface area contributed by atoms with E-state index in [4.69, 9.17) is 9.47 Å². The van der Waals surface area contributed by atoms with Crippen LogP contribution in [-0.2, 0) is 11.3 Å². The Labute approximate surface area is 181 Å². The van der Waals surface area contributed by atoms with Crippen LogP contribution in [0.5, 0.6) is 11.5 Å². The van der Waals surface area contributed by atoms with Gasteiger partial charge in [-0.25, -0.2) is 4.98 Å². The van der Waals surface area contributed by atoms with E-state index in [1.54, 1.807) is 26.6 Å². The van der Waals surface area contributed by atoms with Crippen LogP contribution >= 0.6 is 0 Å². The summed E-state index contributed by atoms with van der Waals surface area (Å²) >= 11 is 0. The molecular weight excluding hydrogens is 394 g/mol. The van der Waals surface area contributed by atoms with Gasteiger partial charge in [-0.2, -0.15) is 0 Å². The van der Waals surface area contributed by atoms with Crippen LogP contribution in [0.3, 0.4) is 0 Å². The summed E-state index contributed by atoms with van der Waals surface area (Å²) in [6.07, 6.45) is 3.60. The van der Waals surface area contributed by atoms with Gasteiger partial charge in [-0.3, -0.25) is 14.2 Å². The normalized spacial score (nSPS) is 16.0. The zero-order valence-electron chi connectivity index (χ0n) is 18.1. The SMILES string of the molecule is COc1ccc([C@H]2CCCN2C(=O)CCn2cnc3c(C)cccc3c2=O)c(OC)c1. The van der Waals surface area contributed by atoms with Gasteiger partial charge in [-0.05, 0) is 43.5 Å². The van der Waals surface area contributed by atoms with Crippen LogP contribution < -0.4 is 15.0 Å². The summed E-state index contributed by atoms with van der Waals surface area (Å²) in [5.74, 6) is 1.46. The number of carbonyl (C=O) groups excluding carboxylic acids is 1. The van der Waals surface area contributed by atoms with Crippen LogP contribution in [0.25, 0.3) is 10.9 Å². The Balaban J connectivity index is 1.52. The maximum Gasteiger partial charge on any atom is 0.261 e. The second kappa shape index (κ2) is 8.79. The second-order valence-electron chi connectivity index (χ2n) is 7.82. The fourth-order valence-corrected chi connectivity index (χ4v) is 4.34. The number of hydrogen-bond acceptors (Lipinski definition) is 5. The molecule has 7 nitrogen and oxygen atoms in total. The number of fused-ring (bicyclic) bond motifs is 1. The first-order chi connectivity index (χ1) is 15.0. The van der Waals surface area contributed by atoms with E-state index in [9.17, 15) is 9.59 Å². The fraction of sp³-hybridized carbons (Fsp3) is 0.375. The molecule has 0 radical (unpaired) electrons. The van der Waals surface area contributed by atoms with Crippen molar-refractivity contribution in [3.8, 4) is 11.5 Å². The molecule has 162 valence electrons. The molecule has 1 aliphatic heterocycles. The molecular formula is C24H27N3O4. The minimum Gasteiger partial charge on any atom is -0.497 e. The lowest BCUT2D eigenvalue weighted by Gasteiger charge is -2.26. The zero-order chi connectivity index (χ0) is 22.0. The van der Waals surface area contributed by atoms with E-state index >= 15 is 0 Å². The molecule has 1 amide bonds. The largest absolute Gasteiger partial charge is 0.497 e. The van der Waals surface area contributed by atoms with Crippen LogP contribution in [0.2, 0.25) is 0 Å². The predicted molar refractivity (Wildman–Crippen MR) is 119 cm³/mol. The molecule has 1 aromatic heterocycles. The lowest BCUT2D eigenvalue weighted by molar-refractivity contribution is -0.132. The second-order valence-corrected chi connectivity index (χ2v) is 7.82. The molecule has 4 rings (SSSR count). The van der Waals surface area contributed by atoms with Gasteiger partial charge in [0, 0.05) is 31.1 Å². The number of benzene rings is 2. The van der Waals surface area contributed by atoms with Gasteiger partial charge < -0.3 is 14.4 Å². The third kappa shape index (κ3) is 4.00. The van der Waals surface area contributed by atoms with E-state index < -0.39 is 0 Å². The van der Waals surface area contributed by atoms with Gasteiger partial charge in [0.25, 0.3) is 5.56 Å². The summed E-state index contributed by atoms with van der Waals surface area (Å²) in [7, 11) is 3.24. The van der Waals surface area contributed by atoms with Gasteiger partial charge in [0.1, 0.15) is 11.5 Å². The number of ether oxygens (including phenoxy) is 2. The van der Waals surface area contributed by atoms with Crippen molar-refractivity contribution >= 4 is 16.8 Å². The molecule has 2 heterocycles. The van der Waals surface area contributed by atoms with E-state index in [1.165, 1.54) is 4.57 Å². The third-order valence-corrected chi connectivity index (χ3v) is 5.99. The molecule has 0 aliphatic carbocycles. The average Bonchev–Trinajstić information content (AvgIpc) is 3.28. The smallest absolute Gasteiger partial charge is 0.261 e. The fourth-order valence-electron chi connectivity index (χ4n) is 4.34. The number of likely N-dealkylation sites (tertiary alicyclic amines) is 1. The molecule has 0 saturated carbocycles. The molecule has 1 atom stereocenters. The number of carbonyl (C=O) groups is 1. The number of methoxy groups -OCH3 is 2. The van der Waals surface area contributed by atoms with E-state index in [2.05, 4.69) is 4.98 Å². The van der Waals surface area contributed by atoms with Crippen LogP contribution in [0.4, 0.5) is 0 Å². The molecule has 0 N–H and O–H groups in total. The third-order valence-electron chi connectivity index (χ3n) is 5.99. The van der Waals surface area contributed by atoms with Crippen LogP contribution in [0.1, 0.15) is 36.4 Å². The molecule has 1 saturated heterocycles. The molecule has 2 aromatic carbocycles. The molecule has 7 heteroatoms. The molecule has 1 fully saturated rings. The highest BCUT2D eigenvalue weighted by Gasteiger charge is 2.31. The van der Waals surface area contributed by atoms with E-state index in [1.807, 2.05) is 42.2 Å². The van der Waals surface area contributed by atoms with E-state index in [0.717, 1.165) is 35.5 Å². The maximum atomic E-state index is 13.1. The van der Waals surface area contributed by atoms with E-state index in [-0.39, 0.29) is 23.9 Å². The van der Waals surface area contributed by atoms with Crippen LogP contribution in [0.15, 0.2) is 47.5 Å². The zero-order valence-corrected chi connectivity index (χ0v) is 18.1. The lowest BCUT2D eigenvalue weighted by Crippen LogP contribution is -2.32. The van der Waals surface area contributed by atoms with Crippen molar-refractivity contribution in [2.75, 3.05) is 20.8 Å². The van der Waals surface area contributed by atoms with Gasteiger partial charge in [0.2, 0.25) is 5.91 Å². The first-order valence-electron chi connectivity index (χ1n) is 10.5. The van der Waals surface area contributed by atoms with Crippen molar-refractivity contribution in [3.05, 3.63) is 64.2 Å². The van der Waals surface area contributed by atoms with Crippen LogP contribution in [0, 0.1) is 6.92 Å². The van der Waals surface area contributed by atoms with Gasteiger partial charge >= 0.3 is 0 Å². The number of nitrogens with zero attached hydrogens (tertiary/aromatic N) is 3. The summed E-state index contributed by atoms with van der Waals surface area (Å²) in [5, 5.41) is 0.581. The molecule has 0 bridgehead atoms. The highest BCUT2D eigenvalue weighted by Crippen LogP contribution is 2.38. The number of rotatable bonds is 6. The average molecular weight is 421 g/mol. The highest BCUT2D eigenvalue weighted by atomic mass is 16.5. The van der Waals surface area contributed by atoms with Gasteiger partial charge in [-0.15, -0.1) is 0 Å². The van der Waals surface area contributed by atoms with Crippen molar-refractivity contribution in [1.82, 2.24) is 14.5 Å². The number of para-hydroxylation sites is 1. The summed E-state index contributed by atoms with van der Waals surface area (Å²) < 4.78 is 12.4. The summed E-state index contributed by atoms with van der Waals surface area (Å²) in [6.45, 7) is 2.93. The quantitative estimate of drug-likeness (QED) is 0.609. The minimum absolute atomic E-state index is 0.0246. The van der Waals surface area contributed by atoms with Crippen molar-refractivity contribution in [2.24, 2.45) is 0 Å². The molecule has 1 aliphatic rings. The number of hydrogen-bond donors (Lipinski definition) is 0. The van der Waals surface area contributed by atoms with Gasteiger partial charge in [-0.1, -0.05) is 12.1 Å². The Kier molecular flexibility index (Phi) is 5.93. The van der Waals surface area contributed by atoms with Crippen molar-refractivity contribution in [3.63, 3.8) is 0 Å². The molecule has 0 unspecified atom stereocenters. The number of aryl methyl sites for hydroxylation is 2. The topological polar surface area (TPSA) is 73.7 Å². The van der Waals surface area contributed by atoms with Crippen molar-refractivity contribution < 1.29 is 14.3 Å². The Morgan fingerprint density at radius 1 is 1.19 bits per heavy atom. The maximum absolute atomic E-state index is 13.1. The van der Waals surface area contributed by atoms with Crippen LogP contribution in [-0.4, -0.2) is 41.1 Å². The van der Waals surface area contributed by atoms with Gasteiger partial charge in [0.15, 0.2) is 0 Å². The number of aromatic nitrogens is 2. The Morgan fingerprint density at radius 3 is 2.81 bits per heavy atom. The predicted octanol–water partition coefficient (Wildman–Crippen LogP) is 3.48. The summed E-state index contributed by atoms with van der Waals surface area (Å²) in [5.41, 5.74) is 2.54. The van der Waals surface area contributed by atoms with Gasteiger partial charge in [0.05, 0.1) is 37.5 Å². The highest BCUT2D eigenvalue weighted by molar-refractivity contribution is 5.80. The first kappa shape index (κ1) is 20.9. The first-order valence-corrected chi connectivity index (χ1v) is 10.5.